The predicted octanol–water partition coefficient (Wildman–Crippen LogP) is 4.80. The number of carbonyl (C=O) groups is 1. The van der Waals surface area contributed by atoms with Gasteiger partial charge in [0.05, 0.1) is 6.61 Å². The minimum Gasteiger partial charge on any atom is -0.466 e. The maximum atomic E-state index is 10.5. The molecule has 0 amide bonds. The Hall–Kier alpha value is -1.05. The molecule has 0 saturated carbocycles. The number of rotatable bonds is 11. The van der Waals surface area contributed by atoms with Gasteiger partial charge in [0.1, 0.15) is 0 Å². The second-order valence-corrected chi connectivity index (χ2v) is 4.47. The van der Waals surface area contributed by atoms with Crippen molar-refractivity contribution in [2.45, 2.75) is 65.2 Å². The van der Waals surface area contributed by atoms with E-state index in [-0.39, 0.29) is 5.97 Å². The first-order valence-electron chi connectivity index (χ1n) is 7.20. The summed E-state index contributed by atoms with van der Waals surface area (Å²) in [5.41, 5.74) is 0. The summed E-state index contributed by atoms with van der Waals surface area (Å²) >= 11 is 0. The fraction of sp³-hybridized carbons (Fsp3) is 0.688. The van der Waals surface area contributed by atoms with Crippen molar-refractivity contribution in [3.05, 3.63) is 24.3 Å². The normalized spacial score (nSPS) is 11.4. The molecule has 0 fully saturated rings. The monoisotopic (exact) mass is 252 g/mol. The van der Waals surface area contributed by atoms with Crippen molar-refractivity contribution in [1.29, 1.82) is 0 Å². The highest BCUT2D eigenvalue weighted by atomic mass is 16.5. The van der Waals surface area contributed by atoms with E-state index in [1.807, 2.05) is 0 Å². The van der Waals surface area contributed by atoms with E-state index < -0.39 is 0 Å². The van der Waals surface area contributed by atoms with Gasteiger partial charge in [-0.1, -0.05) is 31.2 Å². The third kappa shape index (κ3) is 14.9. The Balaban J connectivity index is 3.13. The largest absolute Gasteiger partial charge is 0.466 e. The van der Waals surface area contributed by atoms with Gasteiger partial charge in [0, 0.05) is 6.92 Å². The molecule has 18 heavy (non-hydrogen) atoms. The number of hydrogen-bond acceptors (Lipinski definition) is 2. The fourth-order valence-corrected chi connectivity index (χ4v) is 1.63. The molecule has 0 aromatic carbocycles. The van der Waals surface area contributed by atoms with Crippen LogP contribution in [0.25, 0.3) is 0 Å². The van der Waals surface area contributed by atoms with Crippen LogP contribution in [0.15, 0.2) is 24.3 Å². The molecule has 0 rings (SSSR count). The van der Waals surface area contributed by atoms with Gasteiger partial charge in [0.15, 0.2) is 0 Å². The van der Waals surface area contributed by atoms with E-state index in [0.29, 0.717) is 6.61 Å². The highest BCUT2D eigenvalue weighted by Crippen LogP contribution is 2.04. The van der Waals surface area contributed by atoms with Crippen LogP contribution in [0.4, 0.5) is 0 Å². The molecule has 0 unspecified atom stereocenters. The predicted molar refractivity (Wildman–Crippen MR) is 77.5 cm³/mol. The molecule has 0 aromatic heterocycles. The van der Waals surface area contributed by atoms with Crippen LogP contribution in [0.5, 0.6) is 0 Å². The van der Waals surface area contributed by atoms with E-state index in [2.05, 4.69) is 31.2 Å². The zero-order valence-corrected chi connectivity index (χ0v) is 12.0. The minimum absolute atomic E-state index is 0.174. The molecule has 0 aliphatic carbocycles. The van der Waals surface area contributed by atoms with Gasteiger partial charge >= 0.3 is 5.97 Å². The van der Waals surface area contributed by atoms with Crippen molar-refractivity contribution >= 4 is 5.97 Å². The molecule has 0 radical (unpaired) electrons. The van der Waals surface area contributed by atoms with E-state index >= 15 is 0 Å². The molecule has 0 bridgehead atoms. The zero-order chi connectivity index (χ0) is 13.5. The maximum absolute atomic E-state index is 10.5. The van der Waals surface area contributed by atoms with Gasteiger partial charge in [-0.2, -0.15) is 0 Å². The van der Waals surface area contributed by atoms with Crippen molar-refractivity contribution in [1.82, 2.24) is 0 Å². The zero-order valence-electron chi connectivity index (χ0n) is 12.0. The Morgan fingerprint density at radius 1 is 0.889 bits per heavy atom. The van der Waals surface area contributed by atoms with Crippen molar-refractivity contribution in [3.8, 4) is 0 Å². The molecule has 2 nitrogen and oxygen atoms in total. The lowest BCUT2D eigenvalue weighted by Gasteiger charge is -2.00. The molecular weight excluding hydrogens is 224 g/mol. The number of allylic oxidation sites excluding steroid dienone is 4. The van der Waals surface area contributed by atoms with Gasteiger partial charge < -0.3 is 4.74 Å². The lowest BCUT2D eigenvalue weighted by atomic mass is 10.1. The molecule has 2 heteroatoms. The summed E-state index contributed by atoms with van der Waals surface area (Å²) in [4.78, 5) is 10.5. The molecule has 0 heterocycles. The first kappa shape index (κ1) is 16.9. The van der Waals surface area contributed by atoms with Crippen LogP contribution < -0.4 is 0 Å². The summed E-state index contributed by atoms with van der Waals surface area (Å²) in [6.07, 6.45) is 18.3. The van der Waals surface area contributed by atoms with E-state index in [0.717, 1.165) is 25.7 Å². The highest BCUT2D eigenvalue weighted by Gasteiger charge is 1.92. The smallest absolute Gasteiger partial charge is 0.302 e. The average Bonchev–Trinajstić information content (AvgIpc) is 2.34. The standard InChI is InChI=1S/C16H28O2/c1-3-4-5-6-7-8-9-10-11-12-13-14-15-18-16(2)17/h4-5,9-10H,3,6-8,11-15H2,1-2H3/b5-4-,10-9+. The van der Waals surface area contributed by atoms with Crippen molar-refractivity contribution in [2.75, 3.05) is 6.61 Å². The fourth-order valence-electron chi connectivity index (χ4n) is 1.63. The van der Waals surface area contributed by atoms with E-state index in [4.69, 9.17) is 4.74 Å². The maximum Gasteiger partial charge on any atom is 0.302 e. The van der Waals surface area contributed by atoms with Crippen molar-refractivity contribution in [3.63, 3.8) is 0 Å². The Morgan fingerprint density at radius 2 is 1.50 bits per heavy atom. The molecule has 0 aliphatic rings. The van der Waals surface area contributed by atoms with Crippen LogP contribution in [0.2, 0.25) is 0 Å². The molecule has 0 spiro atoms. The molecule has 0 N–H and O–H groups in total. The third-order valence-electron chi connectivity index (χ3n) is 2.63. The van der Waals surface area contributed by atoms with Gasteiger partial charge in [-0.25, -0.2) is 0 Å². The lowest BCUT2D eigenvalue weighted by molar-refractivity contribution is -0.141. The molecule has 0 aliphatic heterocycles. The molecule has 0 aromatic rings. The molecule has 0 atom stereocenters. The van der Waals surface area contributed by atoms with E-state index in [1.165, 1.54) is 32.6 Å². The van der Waals surface area contributed by atoms with Gasteiger partial charge in [0.2, 0.25) is 0 Å². The topological polar surface area (TPSA) is 26.3 Å². The van der Waals surface area contributed by atoms with Crippen LogP contribution in [-0.4, -0.2) is 12.6 Å². The Kier molecular flexibility index (Phi) is 13.2. The van der Waals surface area contributed by atoms with Crippen molar-refractivity contribution < 1.29 is 9.53 Å². The summed E-state index contributed by atoms with van der Waals surface area (Å²) in [7, 11) is 0. The average molecular weight is 252 g/mol. The quantitative estimate of drug-likeness (QED) is 0.300. The van der Waals surface area contributed by atoms with Crippen molar-refractivity contribution in [2.24, 2.45) is 0 Å². The van der Waals surface area contributed by atoms with Gasteiger partial charge in [0.25, 0.3) is 0 Å². The Labute approximate surface area is 112 Å². The molecule has 104 valence electrons. The minimum atomic E-state index is -0.174. The Bertz CT molecular complexity index is 241. The SMILES string of the molecule is CC/C=C\CCC/C=C/CCCCCOC(C)=O. The summed E-state index contributed by atoms with van der Waals surface area (Å²) in [6, 6.07) is 0. The first-order chi connectivity index (χ1) is 8.77. The summed E-state index contributed by atoms with van der Waals surface area (Å²) in [6.45, 7) is 4.19. The number of unbranched alkanes of at least 4 members (excludes halogenated alkanes) is 5. The van der Waals surface area contributed by atoms with Crippen LogP contribution in [-0.2, 0) is 9.53 Å². The third-order valence-corrected chi connectivity index (χ3v) is 2.63. The van der Waals surface area contributed by atoms with Crippen LogP contribution in [0.1, 0.15) is 65.2 Å². The second kappa shape index (κ2) is 14.0. The van der Waals surface area contributed by atoms with Crippen LogP contribution >= 0.6 is 0 Å². The highest BCUT2D eigenvalue weighted by molar-refractivity contribution is 5.65. The number of carbonyl (C=O) groups excluding carboxylic acids is 1. The van der Waals surface area contributed by atoms with E-state index in [9.17, 15) is 4.79 Å². The number of ether oxygens (including phenoxy) is 1. The van der Waals surface area contributed by atoms with Crippen LogP contribution in [0.3, 0.4) is 0 Å². The summed E-state index contributed by atoms with van der Waals surface area (Å²) in [5.74, 6) is -0.174. The number of esters is 1. The van der Waals surface area contributed by atoms with Gasteiger partial charge in [-0.15, -0.1) is 0 Å². The number of hydrogen-bond donors (Lipinski definition) is 0. The lowest BCUT2D eigenvalue weighted by Crippen LogP contribution is -1.99. The summed E-state index contributed by atoms with van der Waals surface area (Å²) < 4.78 is 4.87. The van der Waals surface area contributed by atoms with Gasteiger partial charge in [-0.05, 0) is 51.4 Å². The first-order valence-corrected chi connectivity index (χ1v) is 7.20. The van der Waals surface area contributed by atoms with Gasteiger partial charge in [-0.3, -0.25) is 4.79 Å². The Morgan fingerprint density at radius 3 is 2.11 bits per heavy atom. The van der Waals surface area contributed by atoms with Crippen LogP contribution in [0, 0.1) is 0 Å². The van der Waals surface area contributed by atoms with E-state index in [1.54, 1.807) is 0 Å². The summed E-state index contributed by atoms with van der Waals surface area (Å²) in [5, 5.41) is 0. The molecule has 0 saturated heterocycles. The second-order valence-electron chi connectivity index (χ2n) is 4.47. The molecular formula is C16H28O2.